The molecule has 2 aromatic carbocycles. The molecular weight excluding hydrogens is 372 g/mol. The lowest BCUT2D eigenvalue weighted by atomic mass is 10.0. The second-order valence-electron chi connectivity index (χ2n) is 6.86. The fourth-order valence-electron chi connectivity index (χ4n) is 3.43. The lowest BCUT2D eigenvalue weighted by Gasteiger charge is -2.29. The largest absolute Gasteiger partial charge is 0.382 e. The van der Waals surface area contributed by atoms with Gasteiger partial charge in [-0.1, -0.05) is 43.3 Å². The summed E-state index contributed by atoms with van der Waals surface area (Å²) in [6, 6.07) is 15.1. The number of hydrogen-bond acceptors (Lipinski definition) is 6. The number of aromatic nitrogens is 2. The van der Waals surface area contributed by atoms with E-state index in [4.69, 9.17) is 5.73 Å². The Hall–Kier alpha value is -2.93. The van der Waals surface area contributed by atoms with Crippen LogP contribution in [0.5, 0.6) is 0 Å². The van der Waals surface area contributed by atoms with E-state index in [9.17, 15) is 8.42 Å². The summed E-state index contributed by atoms with van der Waals surface area (Å²) in [6.07, 6.45) is 3.06. The van der Waals surface area contributed by atoms with Crippen LogP contribution < -0.4 is 10.6 Å². The number of nitrogens with zero attached hydrogens (tertiary/aromatic N) is 3. The third-order valence-electron chi connectivity index (χ3n) is 5.12. The quantitative estimate of drug-likeness (QED) is 0.732. The highest BCUT2D eigenvalue weighted by Gasteiger charge is 2.24. The van der Waals surface area contributed by atoms with Crippen molar-refractivity contribution in [3.05, 3.63) is 71.4 Å². The number of hydrogen-bond donors (Lipinski definition) is 1. The van der Waals surface area contributed by atoms with E-state index >= 15 is 0 Å². The Bertz CT molecular complexity index is 1110. The van der Waals surface area contributed by atoms with Gasteiger partial charge >= 0.3 is 0 Å². The van der Waals surface area contributed by atoms with Crippen LogP contribution in [0.2, 0.25) is 0 Å². The van der Waals surface area contributed by atoms with Gasteiger partial charge in [-0.15, -0.1) is 0 Å². The fraction of sp³-hybridized carbons (Fsp3) is 0.238. The van der Waals surface area contributed by atoms with E-state index in [2.05, 4.69) is 22.1 Å². The number of aryl methyl sites for hydroxylation is 1. The van der Waals surface area contributed by atoms with Gasteiger partial charge in [0, 0.05) is 13.1 Å². The lowest BCUT2D eigenvalue weighted by molar-refractivity contribution is 0.595. The molecule has 0 radical (unpaired) electrons. The molecule has 1 aliphatic heterocycles. The number of fused-ring (bicyclic) bond motifs is 1. The molecule has 2 heterocycles. The lowest BCUT2D eigenvalue weighted by Crippen LogP contribution is -2.32. The van der Waals surface area contributed by atoms with Crippen LogP contribution >= 0.6 is 0 Å². The molecule has 0 fully saturated rings. The average Bonchev–Trinajstić information content (AvgIpc) is 2.73. The second-order valence-corrected chi connectivity index (χ2v) is 8.78. The van der Waals surface area contributed by atoms with Crippen molar-refractivity contribution in [3.63, 3.8) is 0 Å². The zero-order valence-electron chi connectivity index (χ0n) is 15.7. The monoisotopic (exact) mass is 394 g/mol. The Balaban J connectivity index is 1.63. The van der Waals surface area contributed by atoms with Crippen molar-refractivity contribution in [3.8, 4) is 0 Å². The average molecular weight is 395 g/mol. The summed E-state index contributed by atoms with van der Waals surface area (Å²) in [5, 5.41) is 0. The van der Waals surface area contributed by atoms with Crippen LogP contribution in [0.25, 0.3) is 0 Å². The summed E-state index contributed by atoms with van der Waals surface area (Å²) >= 11 is 0. The van der Waals surface area contributed by atoms with Crippen LogP contribution in [0.4, 0.5) is 11.8 Å². The van der Waals surface area contributed by atoms with Crippen LogP contribution in [0.3, 0.4) is 0 Å². The predicted molar refractivity (Wildman–Crippen MR) is 109 cm³/mol. The third kappa shape index (κ3) is 3.33. The zero-order valence-corrected chi connectivity index (χ0v) is 16.5. The number of rotatable bonds is 4. The first-order valence-corrected chi connectivity index (χ1v) is 10.8. The minimum absolute atomic E-state index is 0.0246. The van der Waals surface area contributed by atoms with Crippen LogP contribution in [0, 0.1) is 0 Å². The molecule has 3 aromatic rings. The molecule has 0 amide bonds. The van der Waals surface area contributed by atoms with Gasteiger partial charge in [0.1, 0.15) is 10.7 Å². The summed E-state index contributed by atoms with van der Waals surface area (Å²) in [6.45, 7) is 3.47. The van der Waals surface area contributed by atoms with Crippen molar-refractivity contribution in [2.75, 3.05) is 17.2 Å². The zero-order chi connectivity index (χ0) is 19.7. The van der Waals surface area contributed by atoms with Crippen molar-refractivity contribution in [1.29, 1.82) is 0 Å². The molecule has 7 heteroatoms. The molecule has 0 bridgehead atoms. The molecule has 1 aliphatic rings. The Morgan fingerprint density at radius 1 is 1.07 bits per heavy atom. The third-order valence-corrected chi connectivity index (χ3v) is 6.90. The van der Waals surface area contributed by atoms with Crippen LogP contribution in [-0.2, 0) is 29.2 Å². The molecule has 6 nitrogen and oxygen atoms in total. The maximum absolute atomic E-state index is 12.9. The van der Waals surface area contributed by atoms with Gasteiger partial charge in [-0.2, -0.15) is 4.98 Å². The van der Waals surface area contributed by atoms with Gasteiger partial charge in [0.2, 0.25) is 15.8 Å². The molecule has 4 rings (SSSR count). The van der Waals surface area contributed by atoms with Crippen molar-refractivity contribution in [1.82, 2.24) is 9.97 Å². The SMILES string of the molecule is CCc1ccc(S(=O)(=O)c2cnc(N3CCc4ccccc4C3)nc2N)cc1. The van der Waals surface area contributed by atoms with Gasteiger partial charge in [0.05, 0.1) is 11.1 Å². The van der Waals surface area contributed by atoms with E-state index in [1.54, 1.807) is 12.1 Å². The van der Waals surface area contributed by atoms with Crippen LogP contribution in [0.1, 0.15) is 23.6 Å². The first kappa shape index (κ1) is 18.4. The smallest absolute Gasteiger partial charge is 0.227 e. The molecule has 0 atom stereocenters. The first-order chi connectivity index (χ1) is 13.5. The Kier molecular flexibility index (Phi) is 4.77. The molecule has 0 unspecified atom stereocenters. The van der Waals surface area contributed by atoms with Gasteiger partial charge < -0.3 is 10.6 Å². The molecule has 28 heavy (non-hydrogen) atoms. The maximum Gasteiger partial charge on any atom is 0.227 e. The molecule has 0 saturated carbocycles. The molecular formula is C21H22N4O2S. The summed E-state index contributed by atoms with van der Waals surface area (Å²) in [5.74, 6) is 0.427. The fourth-order valence-corrected chi connectivity index (χ4v) is 4.69. The normalized spacial score (nSPS) is 14.0. The number of nitrogen functional groups attached to an aromatic ring is 1. The van der Waals surface area contributed by atoms with E-state index < -0.39 is 9.84 Å². The van der Waals surface area contributed by atoms with Gasteiger partial charge in [0.25, 0.3) is 0 Å². The van der Waals surface area contributed by atoms with Gasteiger partial charge in [-0.3, -0.25) is 0 Å². The summed E-state index contributed by atoms with van der Waals surface area (Å²) in [4.78, 5) is 10.8. The predicted octanol–water partition coefficient (Wildman–Crippen LogP) is 3.02. The van der Waals surface area contributed by atoms with Gasteiger partial charge in [0.15, 0.2) is 0 Å². The van der Waals surface area contributed by atoms with Crippen molar-refractivity contribution in [2.45, 2.75) is 36.1 Å². The highest BCUT2D eigenvalue weighted by Crippen LogP contribution is 2.27. The van der Waals surface area contributed by atoms with E-state index in [-0.39, 0.29) is 15.6 Å². The molecule has 1 aromatic heterocycles. The summed E-state index contributed by atoms with van der Waals surface area (Å²) in [7, 11) is -3.76. The van der Waals surface area contributed by atoms with Gasteiger partial charge in [-0.05, 0) is 41.7 Å². The molecule has 0 saturated heterocycles. The second kappa shape index (κ2) is 7.24. The van der Waals surface area contributed by atoms with E-state index in [1.807, 2.05) is 36.1 Å². The van der Waals surface area contributed by atoms with Crippen molar-refractivity contribution < 1.29 is 8.42 Å². The van der Waals surface area contributed by atoms with Gasteiger partial charge in [-0.25, -0.2) is 13.4 Å². The standard InChI is InChI=1S/C21H22N4O2S/c1-2-15-7-9-18(10-8-15)28(26,27)19-13-23-21(24-20(19)22)25-12-11-16-5-3-4-6-17(16)14-25/h3-10,13H,2,11-12,14H2,1H3,(H2,22,23,24). The minimum atomic E-state index is -3.76. The molecule has 2 N–H and O–H groups in total. The Labute approximate surface area is 165 Å². The number of benzene rings is 2. The highest BCUT2D eigenvalue weighted by atomic mass is 32.2. The topological polar surface area (TPSA) is 89.2 Å². The van der Waals surface area contributed by atoms with E-state index in [0.29, 0.717) is 12.5 Å². The number of anilines is 2. The Morgan fingerprint density at radius 3 is 2.46 bits per heavy atom. The van der Waals surface area contributed by atoms with Crippen LogP contribution in [-0.4, -0.2) is 24.9 Å². The van der Waals surface area contributed by atoms with Crippen molar-refractivity contribution >= 4 is 21.6 Å². The minimum Gasteiger partial charge on any atom is -0.382 e. The van der Waals surface area contributed by atoms with Crippen molar-refractivity contribution in [2.24, 2.45) is 0 Å². The first-order valence-electron chi connectivity index (χ1n) is 9.27. The molecule has 0 aliphatic carbocycles. The maximum atomic E-state index is 12.9. The van der Waals surface area contributed by atoms with E-state index in [0.717, 1.165) is 24.9 Å². The molecule has 0 spiro atoms. The summed E-state index contributed by atoms with van der Waals surface area (Å²) < 4.78 is 25.9. The molecule has 144 valence electrons. The highest BCUT2D eigenvalue weighted by molar-refractivity contribution is 7.91. The number of sulfone groups is 1. The Morgan fingerprint density at radius 2 is 1.79 bits per heavy atom. The van der Waals surface area contributed by atoms with Crippen LogP contribution in [0.15, 0.2) is 64.5 Å². The number of nitrogens with two attached hydrogens (primary N) is 1. The van der Waals surface area contributed by atoms with E-state index in [1.165, 1.54) is 17.3 Å². The summed E-state index contributed by atoms with van der Waals surface area (Å²) in [5.41, 5.74) is 9.66.